The molecule has 1 nitrogen and oxygen atoms in total. The summed E-state index contributed by atoms with van der Waals surface area (Å²) in [6, 6.07) is 8.73. The Labute approximate surface area is 105 Å². The minimum Gasteiger partial charge on any atom is -0.326 e. The summed E-state index contributed by atoms with van der Waals surface area (Å²) >= 11 is 5.38. The summed E-state index contributed by atoms with van der Waals surface area (Å²) in [6.07, 6.45) is 1.02. The van der Waals surface area contributed by atoms with E-state index in [-0.39, 0.29) is 6.04 Å². The lowest BCUT2D eigenvalue weighted by Crippen LogP contribution is -2.25. The van der Waals surface area contributed by atoms with E-state index < -0.39 is 0 Å². The molecule has 15 heavy (non-hydrogen) atoms. The van der Waals surface area contributed by atoms with Crippen LogP contribution in [0.1, 0.15) is 31.1 Å². The van der Waals surface area contributed by atoms with Crippen LogP contribution in [0.25, 0.3) is 0 Å². The fourth-order valence-corrected chi connectivity index (χ4v) is 2.93. The lowest BCUT2D eigenvalue weighted by atomic mass is 10.0. The number of hydrogen-bond donors (Lipinski definition) is 1. The molecule has 3 heteroatoms. The Morgan fingerprint density at radius 3 is 2.33 bits per heavy atom. The first-order valence-corrected chi connectivity index (χ1v) is 7.15. The summed E-state index contributed by atoms with van der Waals surface area (Å²) in [6.45, 7) is 4.33. The molecule has 0 saturated heterocycles. The van der Waals surface area contributed by atoms with Crippen molar-refractivity contribution < 1.29 is 0 Å². The lowest BCUT2D eigenvalue weighted by molar-refractivity contribution is 0.634. The second-order valence-corrected chi connectivity index (χ2v) is 5.83. The summed E-state index contributed by atoms with van der Waals surface area (Å²) in [5, 5.41) is 0.424. The molecular weight excluding hydrogens is 270 g/mol. The molecule has 84 valence electrons. The van der Waals surface area contributed by atoms with Crippen molar-refractivity contribution in [3.8, 4) is 0 Å². The first kappa shape index (κ1) is 13.1. The van der Waals surface area contributed by atoms with Gasteiger partial charge in [0.05, 0.1) is 0 Å². The van der Waals surface area contributed by atoms with Crippen LogP contribution in [0.5, 0.6) is 0 Å². The highest BCUT2D eigenvalue weighted by atomic mass is 79.9. The van der Waals surface area contributed by atoms with Crippen molar-refractivity contribution in [2.45, 2.75) is 31.6 Å². The molecule has 0 aliphatic heterocycles. The third-order valence-electron chi connectivity index (χ3n) is 2.41. The van der Waals surface area contributed by atoms with Crippen molar-refractivity contribution in [2.24, 2.45) is 5.73 Å². The molecule has 1 aromatic rings. The van der Waals surface area contributed by atoms with Crippen molar-refractivity contribution >= 4 is 27.7 Å². The van der Waals surface area contributed by atoms with E-state index in [1.807, 2.05) is 11.8 Å². The summed E-state index contributed by atoms with van der Waals surface area (Å²) < 4.78 is 1.12. The maximum atomic E-state index is 6.14. The normalized spacial score (nSPS) is 14.9. The highest BCUT2D eigenvalue weighted by molar-refractivity contribution is 9.10. The largest absolute Gasteiger partial charge is 0.326 e. The molecule has 1 aromatic carbocycles. The van der Waals surface area contributed by atoms with Crippen molar-refractivity contribution in [1.29, 1.82) is 0 Å². The van der Waals surface area contributed by atoms with Gasteiger partial charge < -0.3 is 5.73 Å². The van der Waals surface area contributed by atoms with Crippen LogP contribution >= 0.6 is 27.7 Å². The van der Waals surface area contributed by atoms with Crippen LogP contribution in [0.2, 0.25) is 0 Å². The van der Waals surface area contributed by atoms with E-state index in [0.29, 0.717) is 5.25 Å². The van der Waals surface area contributed by atoms with Gasteiger partial charge in [0, 0.05) is 15.8 Å². The van der Waals surface area contributed by atoms with Crippen LogP contribution < -0.4 is 5.73 Å². The molecule has 1 rings (SSSR count). The van der Waals surface area contributed by atoms with Crippen molar-refractivity contribution in [3.63, 3.8) is 0 Å². The van der Waals surface area contributed by atoms with Crippen LogP contribution in [0.4, 0.5) is 0 Å². The molecule has 0 bridgehead atoms. The molecule has 0 aliphatic rings. The highest BCUT2D eigenvalue weighted by Gasteiger charge is 2.17. The van der Waals surface area contributed by atoms with Gasteiger partial charge in [0.1, 0.15) is 0 Å². The Bertz CT molecular complexity index is 286. The average molecular weight is 288 g/mol. The van der Waals surface area contributed by atoms with Gasteiger partial charge in [0.25, 0.3) is 0 Å². The van der Waals surface area contributed by atoms with Crippen molar-refractivity contribution in [1.82, 2.24) is 0 Å². The number of benzene rings is 1. The Balaban J connectivity index is 2.83. The molecule has 0 fully saturated rings. The van der Waals surface area contributed by atoms with E-state index in [0.717, 1.165) is 16.6 Å². The van der Waals surface area contributed by atoms with E-state index in [2.05, 4.69) is 54.0 Å². The molecule has 0 aromatic heterocycles. The number of halogens is 1. The van der Waals surface area contributed by atoms with E-state index in [4.69, 9.17) is 5.73 Å². The Morgan fingerprint density at radius 1 is 1.27 bits per heavy atom. The SMILES string of the molecule is CCSC(c1ccc(Br)cc1)C(N)CC. The van der Waals surface area contributed by atoms with Crippen LogP contribution in [0, 0.1) is 0 Å². The summed E-state index contributed by atoms with van der Waals surface area (Å²) in [4.78, 5) is 0. The Morgan fingerprint density at radius 2 is 1.87 bits per heavy atom. The molecule has 0 spiro atoms. The topological polar surface area (TPSA) is 26.0 Å². The second-order valence-electron chi connectivity index (χ2n) is 3.50. The number of rotatable bonds is 5. The first-order chi connectivity index (χ1) is 7.19. The summed E-state index contributed by atoms with van der Waals surface area (Å²) in [7, 11) is 0. The number of thioether (sulfide) groups is 1. The van der Waals surface area contributed by atoms with Crippen molar-refractivity contribution in [3.05, 3.63) is 34.3 Å². The van der Waals surface area contributed by atoms with Gasteiger partial charge in [-0.25, -0.2) is 0 Å². The van der Waals surface area contributed by atoms with Gasteiger partial charge in [-0.05, 0) is 29.9 Å². The Hall–Kier alpha value is 0.01000. The standard InChI is InChI=1S/C12H18BrNS/c1-3-11(14)12(15-4-2)9-5-7-10(13)8-6-9/h5-8,11-12H,3-4,14H2,1-2H3. The predicted octanol–water partition coefficient (Wildman–Crippen LogP) is 3.98. The molecule has 0 saturated carbocycles. The summed E-state index contributed by atoms with van der Waals surface area (Å²) in [5.41, 5.74) is 7.47. The van der Waals surface area contributed by atoms with Gasteiger partial charge in [0.2, 0.25) is 0 Å². The van der Waals surface area contributed by atoms with Gasteiger partial charge in [-0.3, -0.25) is 0 Å². The molecule has 2 N–H and O–H groups in total. The molecule has 2 atom stereocenters. The quantitative estimate of drug-likeness (QED) is 0.887. The molecular formula is C12H18BrNS. The van der Waals surface area contributed by atoms with E-state index >= 15 is 0 Å². The fraction of sp³-hybridized carbons (Fsp3) is 0.500. The molecule has 2 unspecified atom stereocenters. The maximum absolute atomic E-state index is 6.14. The van der Waals surface area contributed by atoms with Crippen LogP contribution in [0.15, 0.2) is 28.7 Å². The van der Waals surface area contributed by atoms with Gasteiger partial charge in [-0.2, -0.15) is 11.8 Å². The predicted molar refractivity (Wildman–Crippen MR) is 73.3 cm³/mol. The number of hydrogen-bond acceptors (Lipinski definition) is 2. The van der Waals surface area contributed by atoms with E-state index in [1.54, 1.807) is 0 Å². The zero-order chi connectivity index (χ0) is 11.3. The first-order valence-electron chi connectivity index (χ1n) is 5.31. The smallest absolute Gasteiger partial charge is 0.0448 e. The number of nitrogens with two attached hydrogens (primary N) is 1. The third-order valence-corrected chi connectivity index (χ3v) is 4.25. The Kier molecular flexibility index (Phi) is 5.72. The second kappa shape index (κ2) is 6.56. The fourth-order valence-electron chi connectivity index (χ4n) is 1.51. The van der Waals surface area contributed by atoms with Gasteiger partial charge in [-0.15, -0.1) is 0 Å². The van der Waals surface area contributed by atoms with Crippen LogP contribution in [-0.4, -0.2) is 11.8 Å². The zero-order valence-corrected chi connectivity index (χ0v) is 11.6. The highest BCUT2D eigenvalue weighted by Crippen LogP contribution is 2.32. The van der Waals surface area contributed by atoms with Crippen LogP contribution in [-0.2, 0) is 0 Å². The average Bonchev–Trinajstić information content (AvgIpc) is 2.26. The minimum atomic E-state index is 0.246. The molecule has 0 aliphatic carbocycles. The van der Waals surface area contributed by atoms with Gasteiger partial charge in [-0.1, -0.05) is 41.9 Å². The molecule has 0 amide bonds. The monoisotopic (exact) mass is 287 g/mol. The van der Waals surface area contributed by atoms with E-state index in [1.165, 1.54) is 5.56 Å². The van der Waals surface area contributed by atoms with E-state index in [9.17, 15) is 0 Å². The summed E-state index contributed by atoms with van der Waals surface area (Å²) in [5.74, 6) is 1.11. The van der Waals surface area contributed by atoms with Gasteiger partial charge in [0.15, 0.2) is 0 Å². The molecule has 0 radical (unpaired) electrons. The minimum absolute atomic E-state index is 0.246. The third kappa shape index (κ3) is 3.82. The maximum Gasteiger partial charge on any atom is 0.0448 e. The zero-order valence-electron chi connectivity index (χ0n) is 9.24. The molecule has 0 heterocycles. The van der Waals surface area contributed by atoms with Crippen LogP contribution in [0.3, 0.4) is 0 Å². The van der Waals surface area contributed by atoms with Crippen molar-refractivity contribution in [2.75, 3.05) is 5.75 Å². The van der Waals surface area contributed by atoms with Gasteiger partial charge >= 0.3 is 0 Å². The lowest BCUT2D eigenvalue weighted by Gasteiger charge is -2.22.